The number of hydrogen-bond donors (Lipinski definition) is 3. The molecule has 19 heavy (non-hydrogen) atoms. The van der Waals surface area contributed by atoms with Crippen LogP contribution in [0.25, 0.3) is 0 Å². The summed E-state index contributed by atoms with van der Waals surface area (Å²) in [5.74, 6) is 3.56. The average molecular weight is 288 g/mol. The SMILES string of the molecule is CSC1CCCC(Nc2nc(NN)c(F)cc2F)C1. The van der Waals surface area contributed by atoms with E-state index >= 15 is 0 Å². The number of nitrogens with one attached hydrogen (secondary N) is 2. The van der Waals surface area contributed by atoms with Gasteiger partial charge in [-0.2, -0.15) is 11.8 Å². The molecular formula is C12H18F2N4S. The maximum atomic E-state index is 13.7. The van der Waals surface area contributed by atoms with E-state index in [9.17, 15) is 8.78 Å². The number of hydrogen-bond acceptors (Lipinski definition) is 5. The van der Waals surface area contributed by atoms with E-state index in [4.69, 9.17) is 5.84 Å². The Morgan fingerprint density at radius 1 is 1.32 bits per heavy atom. The molecule has 1 aromatic heterocycles. The van der Waals surface area contributed by atoms with Gasteiger partial charge >= 0.3 is 0 Å². The average Bonchev–Trinajstić information content (AvgIpc) is 2.42. The van der Waals surface area contributed by atoms with Gasteiger partial charge in [0.25, 0.3) is 0 Å². The van der Waals surface area contributed by atoms with Crippen LogP contribution in [0.4, 0.5) is 20.4 Å². The van der Waals surface area contributed by atoms with Gasteiger partial charge in [-0.3, -0.25) is 0 Å². The first-order chi connectivity index (χ1) is 9.13. The number of nitrogen functional groups attached to an aromatic ring is 1. The van der Waals surface area contributed by atoms with Crippen LogP contribution >= 0.6 is 11.8 Å². The number of rotatable bonds is 4. The van der Waals surface area contributed by atoms with Crippen molar-refractivity contribution in [2.24, 2.45) is 5.84 Å². The molecule has 0 spiro atoms. The van der Waals surface area contributed by atoms with Crippen molar-refractivity contribution in [3.8, 4) is 0 Å². The molecule has 4 N–H and O–H groups in total. The van der Waals surface area contributed by atoms with Crippen LogP contribution in [0.3, 0.4) is 0 Å². The van der Waals surface area contributed by atoms with E-state index in [2.05, 4.69) is 22.0 Å². The maximum Gasteiger partial charge on any atom is 0.178 e. The molecule has 1 saturated carbocycles. The molecule has 1 fully saturated rings. The summed E-state index contributed by atoms with van der Waals surface area (Å²) in [6.45, 7) is 0. The van der Waals surface area contributed by atoms with Crippen LogP contribution in [0.15, 0.2) is 6.07 Å². The second-order valence-electron chi connectivity index (χ2n) is 4.66. The van der Waals surface area contributed by atoms with Crippen molar-refractivity contribution >= 4 is 23.4 Å². The van der Waals surface area contributed by atoms with Crippen molar-refractivity contribution in [2.75, 3.05) is 17.0 Å². The first-order valence-corrected chi connectivity index (χ1v) is 7.54. The van der Waals surface area contributed by atoms with E-state index in [0.717, 1.165) is 25.3 Å². The highest BCUT2D eigenvalue weighted by Gasteiger charge is 2.23. The topological polar surface area (TPSA) is 63.0 Å². The van der Waals surface area contributed by atoms with Crippen molar-refractivity contribution in [3.63, 3.8) is 0 Å². The smallest absolute Gasteiger partial charge is 0.178 e. The van der Waals surface area contributed by atoms with E-state index in [1.54, 1.807) is 0 Å². The quantitative estimate of drug-likeness (QED) is 0.587. The van der Waals surface area contributed by atoms with Gasteiger partial charge in [0.1, 0.15) is 0 Å². The highest BCUT2D eigenvalue weighted by molar-refractivity contribution is 7.99. The molecule has 0 aliphatic heterocycles. The molecular weight excluding hydrogens is 270 g/mol. The minimum absolute atomic E-state index is 0.0566. The van der Waals surface area contributed by atoms with Gasteiger partial charge in [0.15, 0.2) is 23.3 Å². The Morgan fingerprint density at radius 3 is 2.74 bits per heavy atom. The fourth-order valence-electron chi connectivity index (χ4n) is 2.35. The molecule has 2 unspecified atom stereocenters. The predicted octanol–water partition coefficient (Wildman–Crippen LogP) is 2.73. The Balaban J connectivity index is 2.10. The second-order valence-corrected chi connectivity index (χ2v) is 5.80. The van der Waals surface area contributed by atoms with E-state index < -0.39 is 11.6 Å². The highest BCUT2D eigenvalue weighted by Crippen LogP contribution is 2.29. The molecule has 1 aliphatic rings. The molecule has 1 heterocycles. The molecule has 2 atom stereocenters. The molecule has 0 aromatic carbocycles. The van der Waals surface area contributed by atoms with Crippen LogP contribution in [-0.4, -0.2) is 22.5 Å². The Bertz CT molecular complexity index is 444. The highest BCUT2D eigenvalue weighted by atomic mass is 32.2. The van der Waals surface area contributed by atoms with E-state index in [1.807, 2.05) is 11.8 Å². The first-order valence-electron chi connectivity index (χ1n) is 6.26. The zero-order chi connectivity index (χ0) is 13.8. The molecule has 7 heteroatoms. The van der Waals surface area contributed by atoms with E-state index in [0.29, 0.717) is 5.25 Å². The Kier molecular flexibility index (Phi) is 4.81. The summed E-state index contributed by atoms with van der Waals surface area (Å²) in [7, 11) is 0. The molecule has 0 bridgehead atoms. The number of aromatic nitrogens is 1. The maximum absolute atomic E-state index is 13.7. The lowest BCUT2D eigenvalue weighted by atomic mass is 9.95. The van der Waals surface area contributed by atoms with Gasteiger partial charge in [-0.05, 0) is 25.5 Å². The lowest BCUT2D eigenvalue weighted by molar-refractivity contribution is 0.469. The van der Waals surface area contributed by atoms with Gasteiger partial charge in [0.2, 0.25) is 0 Å². The summed E-state index contributed by atoms with van der Waals surface area (Å²) in [6.07, 6.45) is 6.31. The van der Waals surface area contributed by atoms with Crippen LogP contribution in [0, 0.1) is 11.6 Å². The third-order valence-corrected chi connectivity index (χ3v) is 4.46. The number of halogens is 2. The summed E-state index contributed by atoms with van der Waals surface area (Å²) in [6, 6.07) is 0.962. The Morgan fingerprint density at radius 2 is 2.05 bits per heavy atom. The molecule has 1 aromatic rings. The van der Waals surface area contributed by atoms with Crippen molar-refractivity contribution in [1.82, 2.24) is 4.98 Å². The standard InChI is InChI=1S/C12H18F2N4S/c1-19-8-4-2-3-7(5-8)16-11-9(13)6-10(14)12(17-11)18-15/h6-8H,2-5,15H2,1H3,(H2,16,17,18). The molecule has 0 radical (unpaired) electrons. The largest absolute Gasteiger partial charge is 0.365 e. The van der Waals surface area contributed by atoms with E-state index in [1.165, 1.54) is 6.42 Å². The molecule has 1 aliphatic carbocycles. The third kappa shape index (κ3) is 3.48. The monoisotopic (exact) mass is 288 g/mol. The molecule has 4 nitrogen and oxygen atoms in total. The van der Waals surface area contributed by atoms with Gasteiger partial charge in [0.05, 0.1) is 0 Å². The van der Waals surface area contributed by atoms with Crippen LogP contribution in [0.1, 0.15) is 25.7 Å². The minimum atomic E-state index is -0.795. The number of nitrogens with two attached hydrogens (primary N) is 1. The fourth-order valence-corrected chi connectivity index (χ4v) is 3.18. The van der Waals surface area contributed by atoms with Crippen LogP contribution < -0.4 is 16.6 Å². The minimum Gasteiger partial charge on any atom is -0.365 e. The first kappa shape index (κ1) is 14.3. The number of anilines is 2. The zero-order valence-corrected chi connectivity index (χ0v) is 11.6. The Labute approximate surface area is 115 Å². The predicted molar refractivity (Wildman–Crippen MR) is 75.1 cm³/mol. The van der Waals surface area contributed by atoms with Crippen molar-refractivity contribution in [1.29, 1.82) is 0 Å². The van der Waals surface area contributed by atoms with Gasteiger partial charge in [-0.25, -0.2) is 19.6 Å². The normalized spacial score (nSPS) is 23.2. The molecule has 0 amide bonds. The summed E-state index contributed by atoms with van der Waals surface area (Å²) in [5.41, 5.74) is 2.12. The number of thioether (sulfide) groups is 1. The number of pyridine rings is 1. The summed E-state index contributed by atoms with van der Waals surface area (Å²) >= 11 is 1.83. The zero-order valence-electron chi connectivity index (χ0n) is 10.7. The fraction of sp³-hybridized carbons (Fsp3) is 0.583. The van der Waals surface area contributed by atoms with Crippen LogP contribution in [0.2, 0.25) is 0 Å². The lowest BCUT2D eigenvalue weighted by Crippen LogP contribution is -2.29. The number of nitrogens with zero attached hydrogens (tertiary/aromatic N) is 1. The van der Waals surface area contributed by atoms with Gasteiger partial charge in [0, 0.05) is 17.4 Å². The Hall–Kier alpha value is -1.08. The van der Waals surface area contributed by atoms with Gasteiger partial charge in [-0.1, -0.05) is 6.42 Å². The van der Waals surface area contributed by atoms with Crippen molar-refractivity contribution in [3.05, 3.63) is 17.7 Å². The summed E-state index contributed by atoms with van der Waals surface area (Å²) < 4.78 is 26.9. The molecule has 106 valence electrons. The van der Waals surface area contributed by atoms with Gasteiger partial charge in [-0.15, -0.1) is 0 Å². The lowest BCUT2D eigenvalue weighted by Gasteiger charge is -2.29. The van der Waals surface area contributed by atoms with Crippen molar-refractivity contribution < 1.29 is 8.78 Å². The molecule has 0 saturated heterocycles. The number of hydrazine groups is 1. The second kappa shape index (κ2) is 6.38. The summed E-state index contributed by atoms with van der Waals surface area (Å²) in [4.78, 5) is 3.83. The van der Waals surface area contributed by atoms with E-state index in [-0.39, 0.29) is 17.7 Å². The molecule has 2 rings (SSSR count). The van der Waals surface area contributed by atoms with Crippen LogP contribution in [-0.2, 0) is 0 Å². The van der Waals surface area contributed by atoms with Crippen LogP contribution in [0.5, 0.6) is 0 Å². The van der Waals surface area contributed by atoms with Crippen molar-refractivity contribution in [2.45, 2.75) is 37.0 Å². The van der Waals surface area contributed by atoms with Gasteiger partial charge < -0.3 is 10.7 Å². The summed E-state index contributed by atoms with van der Waals surface area (Å²) in [5, 5.41) is 3.64. The third-order valence-electron chi connectivity index (χ3n) is 3.37.